The van der Waals surface area contributed by atoms with Crippen LogP contribution in [0.15, 0.2) is 12.1 Å². The average molecular weight is 239 g/mol. The van der Waals surface area contributed by atoms with Crippen LogP contribution in [0.5, 0.6) is 0 Å². The van der Waals surface area contributed by atoms with Gasteiger partial charge in [-0.1, -0.05) is 0 Å². The van der Waals surface area contributed by atoms with Crippen molar-refractivity contribution >= 4 is 23.3 Å². The van der Waals surface area contributed by atoms with Gasteiger partial charge < -0.3 is 10.6 Å². The Morgan fingerprint density at radius 2 is 2.00 bits per heavy atom. The van der Waals surface area contributed by atoms with Crippen LogP contribution in [-0.4, -0.2) is 35.8 Å². The molecule has 0 atom stereocenters. The van der Waals surface area contributed by atoms with Gasteiger partial charge in [-0.25, -0.2) is 0 Å². The molecule has 1 rings (SSSR count). The van der Waals surface area contributed by atoms with Gasteiger partial charge >= 0.3 is 0 Å². The van der Waals surface area contributed by atoms with E-state index in [9.17, 15) is 0 Å². The van der Waals surface area contributed by atoms with Crippen molar-refractivity contribution in [2.24, 2.45) is 5.73 Å². The summed E-state index contributed by atoms with van der Waals surface area (Å²) in [4.78, 5) is 5.55. The lowest BCUT2D eigenvalue weighted by Gasteiger charge is -2.26. The van der Waals surface area contributed by atoms with Crippen LogP contribution < -0.4 is 5.73 Å². The Morgan fingerprint density at radius 3 is 2.44 bits per heavy atom. The second-order valence-corrected chi connectivity index (χ2v) is 5.01. The highest BCUT2D eigenvalue weighted by molar-refractivity contribution is 7.11. The molecule has 0 aliphatic heterocycles. The summed E-state index contributed by atoms with van der Waals surface area (Å²) in [7, 11) is 3.43. The number of nitrogens with zero attached hydrogens (tertiary/aromatic N) is 2. The summed E-state index contributed by atoms with van der Waals surface area (Å²) < 4.78 is 0. The minimum atomic E-state index is -0.126. The van der Waals surface area contributed by atoms with Crippen molar-refractivity contribution in [1.82, 2.24) is 9.80 Å². The van der Waals surface area contributed by atoms with Crippen molar-refractivity contribution in [1.29, 1.82) is 10.8 Å². The van der Waals surface area contributed by atoms with Crippen LogP contribution in [0, 0.1) is 17.7 Å². The molecule has 0 unspecified atom stereocenters. The SMILES string of the molecule is Cc1ccc(CN(C)C(=N)N(C)C(=N)N)s1. The van der Waals surface area contributed by atoms with Crippen LogP contribution in [0.1, 0.15) is 9.75 Å². The van der Waals surface area contributed by atoms with Gasteiger partial charge in [-0.15, -0.1) is 11.3 Å². The number of nitrogens with two attached hydrogens (primary N) is 1. The number of hydrogen-bond acceptors (Lipinski definition) is 3. The Morgan fingerprint density at radius 1 is 1.38 bits per heavy atom. The van der Waals surface area contributed by atoms with Gasteiger partial charge in [-0.3, -0.25) is 15.7 Å². The summed E-state index contributed by atoms with van der Waals surface area (Å²) in [6.45, 7) is 2.72. The van der Waals surface area contributed by atoms with Crippen LogP contribution in [0.2, 0.25) is 0 Å². The van der Waals surface area contributed by atoms with Gasteiger partial charge in [-0.2, -0.15) is 0 Å². The minimum absolute atomic E-state index is 0.126. The number of nitrogens with one attached hydrogen (secondary N) is 2. The maximum atomic E-state index is 7.82. The molecule has 16 heavy (non-hydrogen) atoms. The van der Waals surface area contributed by atoms with Crippen LogP contribution in [0.4, 0.5) is 0 Å². The van der Waals surface area contributed by atoms with Crippen LogP contribution in [0.3, 0.4) is 0 Å². The first-order valence-electron chi connectivity index (χ1n) is 4.84. The summed E-state index contributed by atoms with van der Waals surface area (Å²) in [5.74, 6) is 0.0952. The number of rotatable bonds is 2. The van der Waals surface area contributed by atoms with E-state index < -0.39 is 0 Å². The number of thiophene rings is 1. The lowest BCUT2D eigenvalue weighted by atomic mass is 10.4. The van der Waals surface area contributed by atoms with Crippen molar-refractivity contribution in [2.75, 3.05) is 14.1 Å². The zero-order valence-electron chi connectivity index (χ0n) is 9.74. The van der Waals surface area contributed by atoms with E-state index in [1.165, 1.54) is 14.7 Å². The minimum Gasteiger partial charge on any atom is -0.370 e. The molecule has 88 valence electrons. The van der Waals surface area contributed by atoms with Crippen LogP contribution in [-0.2, 0) is 6.54 Å². The van der Waals surface area contributed by atoms with Crippen molar-refractivity contribution in [3.8, 4) is 0 Å². The second kappa shape index (κ2) is 4.98. The molecule has 0 fully saturated rings. The van der Waals surface area contributed by atoms with Crippen molar-refractivity contribution in [3.05, 3.63) is 21.9 Å². The molecule has 4 N–H and O–H groups in total. The third-order valence-corrected chi connectivity index (χ3v) is 3.22. The van der Waals surface area contributed by atoms with Crippen molar-refractivity contribution in [2.45, 2.75) is 13.5 Å². The number of hydrogen-bond donors (Lipinski definition) is 3. The lowest BCUT2D eigenvalue weighted by Crippen LogP contribution is -2.45. The Bertz CT molecular complexity index is 398. The predicted molar refractivity (Wildman–Crippen MR) is 67.9 cm³/mol. The standard InChI is InChI=1S/C10H17N5S/c1-7-4-5-8(16-7)6-14(2)10(13)15(3)9(11)12/h4-5,13H,6H2,1-3H3,(H3,11,12). The molecule has 0 amide bonds. The van der Waals surface area contributed by atoms with E-state index in [1.807, 2.05) is 7.05 Å². The zero-order valence-corrected chi connectivity index (χ0v) is 10.6. The third kappa shape index (κ3) is 2.96. The number of guanidine groups is 2. The van der Waals surface area contributed by atoms with Gasteiger partial charge in [0.15, 0.2) is 11.9 Å². The van der Waals surface area contributed by atoms with E-state index in [0.717, 1.165) is 0 Å². The highest BCUT2D eigenvalue weighted by atomic mass is 32.1. The summed E-state index contributed by atoms with van der Waals surface area (Å²) >= 11 is 1.71. The normalized spacial score (nSPS) is 9.94. The second-order valence-electron chi connectivity index (χ2n) is 3.64. The summed E-state index contributed by atoms with van der Waals surface area (Å²) in [5, 5.41) is 15.1. The molecule has 0 aromatic carbocycles. The number of aryl methyl sites for hydroxylation is 1. The molecule has 6 heteroatoms. The fourth-order valence-electron chi connectivity index (χ4n) is 1.25. The van der Waals surface area contributed by atoms with Gasteiger partial charge in [-0.05, 0) is 19.1 Å². The largest absolute Gasteiger partial charge is 0.370 e. The fourth-order valence-corrected chi connectivity index (χ4v) is 2.19. The Hall–Kier alpha value is -1.56. The van der Waals surface area contributed by atoms with E-state index in [1.54, 1.807) is 23.3 Å². The van der Waals surface area contributed by atoms with Crippen molar-refractivity contribution in [3.63, 3.8) is 0 Å². The predicted octanol–water partition coefficient (Wildman–Crippen LogP) is 1.25. The fraction of sp³-hybridized carbons (Fsp3) is 0.400. The Kier molecular flexibility index (Phi) is 3.89. The van der Waals surface area contributed by atoms with Gasteiger partial charge in [0.1, 0.15) is 0 Å². The molecule has 0 aliphatic rings. The Labute approximate surface area is 99.5 Å². The molecule has 5 nitrogen and oxygen atoms in total. The first-order chi connectivity index (χ1) is 7.41. The van der Waals surface area contributed by atoms with Crippen LogP contribution >= 0.6 is 11.3 Å². The summed E-state index contributed by atoms with van der Waals surface area (Å²) in [6.07, 6.45) is 0. The molecular formula is C10H17N5S. The first-order valence-corrected chi connectivity index (χ1v) is 5.66. The molecule has 0 radical (unpaired) electrons. The summed E-state index contributed by atoms with van der Waals surface area (Å²) in [5.41, 5.74) is 5.32. The highest BCUT2D eigenvalue weighted by Crippen LogP contribution is 2.16. The monoisotopic (exact) mass is 239 g/mol. The molecule has 0 aliphatic carbocycles. The summed E-state index contributed by atoms with van der Waals surface area (Å²) in [6, 6.07) is 4.11. The quantitative estimate of drug-likeness (QED) is 0.536. The van der Waals surface area contributed by atoms with Crippen molar-refractivity contribution < 1.29 is 0 Å². The van der Waals surface area contributed by atoms with E-state index in [-0.39, 0.29) is 11.9 Å². The molecule has 1 heterocycles. The molecular weight excluding hydrogens is 222 g/mol. The van der Waals surface area contributed by atoms with E-state index in [0.29, 0.717) is 6.54 Å². The van der Waals surface area contributed by atoms with Crippen LogP contribution in [0.25, 0.3) is 0 Å². The van der Waals surface area contributed by atoms with Gasteiger partial charge in [0.05, 0.1) is 6.54 Å². The smallest absolute Gasteiger partial charge is 0.200 e. The molecule has 0 saturated carbocycles. The Balaban J connectivity index is 2.62. The van der Waals surface area contributed by atoms with E-state index >= 15 is 0 Å². The molecule has 0 spiro atoms. The van der Waals surface area contributed by atoms with Gasteiger partial charge in [0.25, 0.3) is 0 Å². The molecule has 0 saturated heterocycles. The maximum absolute atomic E-state index is 7.82. The highest BCUT2D eigenvalue weighted by Gasteiger charge is 2.12. The first kappa shape index (κ1) is 12.5. The van der Waals surface area contributed by atoms with E-state index in [2.05, 4.69) is 19.1 Å². The molecule has 0 bridgehead atoms. The zero-order chi connectivity index (χ0) is 12.3. The molecule has 1 aromatic heterocycles. The van der Waals surface area contributed by atoms with E-state index in [4.69, 9.17) is 16.6 Å². The average Bonchev–Trinajstić information content (AvgIpc) is 2.61. The van der Waals surface area contributed by atoms with Gasteiger partial charge in [0, 0.05) is 23.8 Å². The third-order valence-electron chi connectivity index (χ3n) is 2.23. The van der Waals surface area contributed by atoms with Gasteiger partial charge in [0.2, 0.25) is 0 Å². The maximum Gasteiger partial charge on any atom is 0.200 e. The topological polar surface area (TPSA) is 80.2 Å². The molecule has 1 aromatic rings. The lowest BCUT2D eigenvalue weighted by molar-refractivity contribution is 0.444.